The largest absolute Gasteiger partial charge is 0.497 e. The number of piperidine rings is 1. The number of aryl methyl sites for hydroxylation is 1. The van der Waals surface area contributed by atoms with Crippen molar-refractivity contribution in [1.29, 1.82) is 0 Å². The van der Waals surface area contributed by atoms with Crippen LogP contribution in [0.5, 0.6) is 11.6 Å². The van der Waals surface area contributed by atoms with Gasteiger partial charge in [-0.15, -0.1) is 0 Å². The van der Waals surface area contributed by atoms with E-state index >= 15 is 4.39 Å². The zero-order valence-electron chi connectivity index (χ0n) is 25.7. The molecule has 1 atom stereocenters. The first kappa shape index (κ1) is 31.2. The lowest BCUT2D eigenvalue weighted by Crippen LogP contribution is -2.39. The topological polar surface area (TPSA) is 94.0 Å². The van der Waals surface area contributed by atoms with Crippen LogP contribution in [-0.4, -0.2) is 53.5 Å². The number of nitrogens with zero attached hydrogens (tertiary/aromatic N) is 3. The zero-order chi connectivity index (χ0) is 30.7. The molecule has 1 aromatic carbocycles. The highest BCUT2D eigenvalue weighted by molar-refractivity contribution is 5.86. The Morgan fingerprint density at radius 1 is 1.14 bits per heavy atom. The molecule has 3 heterocycles. The minimum atomic E-state index is -1.25. The Kier molecular flexibility index (Phi) is 9.40. The summed E-state index contributed by atoms with van der Waals surface area (Å²) in [5.74, 6) is -1.05. The second kappa shape index (κ2) is 12.7. The molecule has 1 aliphatic heterocycles. The molecule has 9 heteroatoms. The molecule has 1 aliphatic rings. The van der Waals surface area contributed by atoms with E-state index in [1.807, 2.05) is 45.0 Å². The van der Waals surface area contributed by atoms with Crippen molar-refractivity contribution in [3.05, 3.63) is 65.4 Å². The Labute approximate surface area is 247 Å². The quantitative estimate of drug-likeness (QED) is 0.281. The lowest BCUT2D eigenvalue weighted by Gasteiger charge is -2.40. The average Bonchev–Trinajstić information content (AvgIpc) is 2.92. The van der Waals surface area contributed by atoms with Gasteiger partial charge < -0.3 is 24.2 Å². The highest BCUT2D eigenvalue weighted by Gasteiger charge is 2.36. The van der Waals surface area contributed by atoms with Gasteiger partial charge in [-0.25, -0.2) is 14.2 Å². The zero-order valence-corrected chi connectivity index (χ0v) is 25.7. The van der Waals surface area contributed by atoms with Gasteiger partial charge in [-0.2, -0.15) is 0 Å². The van der Waals surface area contributed by atoms with Crippen molar-refractivity contribution >= 4 is 11.7 Å². The van der Waals surface area contributed by atoms with E-state index in [0.29, 0.717) is 34.5 Å². The Bertz CT molecular complexity index is 1410. The number of carbonyl (C=O) groups is 1. The molecule has 1 saturated heterocycles. The standard InChI is InChI=1S/C33H42FN3O5/c1-21-27(29(31(38)39)42-32(2,3)4)28(37-14-12-33(5,6)13-15-37)25(20-35-21)23-18-26(34)30(36-19-23)41-16-11-22-9-8-10-24(17-22)40-7/h8-10,17-20,29H,11-16H2,1-7H3,(H,38,39). The number of halogens is 1. The fourth-order valence-corrected chi connectivity index (χ4v) is 5.17. The first-order valence-corrected chi connectivity index (χ1v) is 14.3. The molecule has 0 saturated carbocycles. The lowest BCUT2D eigenvalue weighted by molar-refractivity contribution is -0.160. The number of benzene rings is 1. The molecule has 0 spiro atoms. The Balaban J connectivity index is 1.70. The molecule has 0 bridgehead atoms. The molecule has 8 nitrogen and oxygen atoms in total. The number of anilines is 1. The van der Waals surface area contributed by atoms with Gasteiger partial charge in [0.25, 0.3) is 0 Å². The van der Waals surface area contributed by atoms with Gasteiger partial charge in [0.2, 0.25) is 5.88 Å². The van der Waals surface area contributed by atoms with E-state index in [0.717, 1.165) is 37.2 Å². The van der Waals surface area contributed by atoms with Crippen LogP contribution in [0.1, 0.15) is 70.4 Å². The van der Waals surface area contributed by atoms with Crippen molar-refractivity contribution in [2.75, 3.05) is 31.7 Å². The number of carboxylic acid groups (broad SMARTS) is 1. The van der Waals surface area contributed by atoms with Crippen molar-refractivity contribution in [1.82, 2.24) is 9.97 Å². The number of pyridine rings is 2. The van der Waals surface area contributed by atoms with E-state index in [2.05, 4.69) is 28.7 Å². The first-order valence-electron chi connectivity index (χ1n) is 14.3. The van der Waals surface area contributed by atoms with Gasteiger partial charge in [0.1, 0.15) is 5.75 Å². The van der Waals surface area contributed by atoms with E-state index in [1.165, 1.54) is 6.07 Å². The highest BCUT2D eigenvalue weighted by atomic mass is 19.1. The summed E-state index contributed by atoms with van der Waals surface area (Å²) in [5.41, 5.74) is 3.28. The molecule has 0 aliphatic carbocycles. The van der Waals surface area contributed by atoms with E-state index in [9.17, 15) is 9.90 Å². The van der Waals surface area contributed by atoms with Gasteiger partial charge in [-0.1, -0.05) is 26.0 Å². The van der Waals surface area contributed by atoms with E-state index in [-0.39, 0.29) is 17.9 Å². The molecule has 1 unspecified atom stereocenters. The molecule has 0 amide bonds. The molecule has 226 valence electrons. The Morgan fingerprint density at radius 2 is 1.86 bits per heavy atom. The van der Waals surface area contributed by atoms with Crippen LogP contribution in [-0.2, 0) is 16.0 Å². The van der Waals surface area contributed by atoms with Crippen molar-refractivity contribution in [3.63, 3.8) is 0 Å². The fraction of sp³-hybridized carbons (Fsp3) is 0.485. The van der Waals surface area contributed by atoms with Crippen LogP contribution in [0.2, 0.25) is 0 Å². The van der Waals surface area contributed by atoms with Crippen LogP contribution in [0.25, 0.3) is 11.1 Å². The monoisotopic (exact) mass is 579 g/mol. The van der Waals surface area contributed by atoms with Crippen LogP contribution in [0.3, 0.4) is 0 Å². The van der Waals surface area contributed by atoms with E-state index in [1.54, 1.807) is 26.4 Å². The fourth-order valence-electron chi connectivity index (χ4n) is 5.17. The predicted octanol–water partition coefficient (Wildman–Crippen LogP) is 6.79. The number of rotatable bonds is 10. The van der Waals surface area contributed by atoms with E-state index < -0.39 is 23.5 Å². The first-order chi connectivity index (χ1) is 19.8. The van der Waals surface area contributed by atoms with E-state index in [4.69, 9.17) is 14.2 Å². The normalized spacial score (nSPS) is 15.8. The Hall–Kier alpha value is -3.72. The third-order valence-electron chi connectivity index (χ3n) is 7.56. The molecular weight excluding hydrogens is 537 g/mol. The SMILES string of the molecule is COc1cccc(CCOc2ncc(-c3cnc(C)c(C(OC(C)(C)C)C(=O)O)c3N3CCC(C)(C)CC3)cc2F)c1. The summed E-state index contributed by atoms with van der Waals surface area (Å²) >= 11 is 0. The van der Waals surface area contributed by atoms with Crippen molar-refractivity contribution in [2.24, 2.45) is 5.41 Å². The number of ether oxygens (including phenoxy) is 3. The predicted molar refractivity (Wildman–Crippen MR) is 161 cm³/mol. The maximum Gasteiger partial charge on any atom is 0.337 e. The second-order valence-electron chi connectivity index (χ2n) is 12.6. The summed E-state index contributed by atoms with van der Waals surface area (Å²) in [7, 11) is 1.61. The molecule has 42 heavy (non-hydrogen) atoms. The third kappa shape index (κ3) is 7.56. The summed E-state index contributed by atoms with van der Waals surface area (Å²) in [6, 6.07) is 9.01. The minimum Gasteiger partial charge on any atom is -0.497 e. The summed E-state index contributed by atoms with van der Waals surface area (Å²) < 4.78 is 32.4. The lowest BCUT2D eigenvalue weighted by atomic mass is 9.82. The van der Waals surface area contributed by atoms with Crippen molar-refractivity contribution < 1.29 is 28.5 Å². The van der Waals surface area contributed by atoms with Crippen LogP contribution in [0, 0.1) is 18.2 Å². The Morgan fingerprint density at radius 3 is 2.48 bits per heavy atom. The number of hydrogen-bond donors (Lipinski definition) is 1. The summed E-state index contributed by atoms with van der Waals surface area (Å²) in [5, 5.41) is 10.3. The van der Waals surface area contributed by atoms with Crippen LogP contribution >= 0.6 is 0 Å². The highest BCUT2D eigenvalue weighted by Crippen LogP contribution is 2.43. The maximum absolute atomic E-state index is 15.4. The average molecular weight is 580 g/mol. The van der Waals surface area contributed by atoms with Gasteiger partial charge in [0.15, 0.2) is 11.9 Å². The molecule has 2 aromatic heterocycles. The molecule has 3 aromatic rings. The summed E-state index contributed by atoms with van der Waals surface area (Å²) in [6.07, 6.45) is 4.39. The second-order valence-corrected chi connectivity index (χ2v) is 12.6. The number of methoxy groups -OCH3 is 1. The summed E-state index contributed by atoms with van der Waals surface area (Å²) in [6.45, 7) is 13.4. The molecule has 0 radical (unpaired) electrons. The van der Waals surface area contributed by atoms with Crippen molar-refractivity contribution in [3.8, 4) is 22.8 Å². The molecule has 4 rings (SSSR count). The van der Waals surface area contributed by atoms with Crippen LogP contribution < -0.4 is 14.4 Å². The number of aromatic nitrogens is 2. The smallest absolute Gasteiger partial charge is 0.337 e. The number of carboxylic acids is 1. The summed E-state index contributed by atoms with van der Waals surface area (Å²) in [4.78, 5) is 23.6. The molecular formula is C33H42FN3O5. The molecule has 1 fully saturated rings. The molecule has 1 N–H and O–H groups in total. The number of hydrogen-bond acceptors (Lipinski definition) is 7. The van der Waals surface area contributed by atoms with Gasteiger partial charge in [-0.05, 0) is 69.7 Å². The third-order valence-corrected chi connectivity index (χ3v) is 7.56. The van der Waals surface area contributed by atoms with Crippen molar-refractivity contribution in [2.45, 2.75) is 72.5 Å². The van der Waals surface area contributed by atoms with Crippen LogP contribution in [0.4, 0.5) is 10.1 Å². The van der Waals surface area contributed by atoms with Crippen LogP contribution in [0.15, 0.2) is 42.7 Å². The van der Waals surface area contributed by atoms with Gasteiger partial charge in [0.05, 0.1) is 25.0 Å². The van der Waals surface area contributed by atoms with Gasteiger partial charge in [-0.3, -0.25) is 4.98 Å². The minimum absolute atomic E-state index is 0.0947. The van der Waals surface area contributed by atoms with Gasteiger partial charge >= 0.3 is 5.97 Å². The maximum atomic E-state index is 15.4. The number of aliphatic carboxylic acids is 1. The van der Waals surface area contributed by atoms with Gasteiger partial charge in [0, 0.05) is 54.3 Å².